The molecule has 0 saturated carbocycles. The number of rotatable bonds is 4. The number of ketones is 1. The molecule has 1 aromatic carbocycles. The number of carbonyl (C=O) groups excluding carboxylic acids is 3. The highest BCUT2D eigenvalue weighted by molar-refractivity contribution is 6.38. The smallest absolute Gasteiger partial charge is 0.375 e. The number of hydrogen-bond acceptors (Lipinski definition) is 9. The molecule has 2 heterocycles. The zero-order valence-electron chi connectivity index (χ0n) is 14.3. The standard InChI is InChI=1S/C17H18N4O5/c1-25-15(23)12(14(22)16(24)26-2)13-11-6-4-3-5-10(11)9-20-21(13)17-18-7-8-19-17/h3-6,9,12-13H,7-8H2,1-2H3,(H,18,19)/t12-,13-/m1/s1. The molecule has 1 N–H and O–H groups in total. The maximum Gasteiger partial charge on any atom is 0.375 e. The van der Waals surface area contributed by atoms with E-state index in [0.717, 1.165) is 19.8 Å². The van der Waals surface area contributed by atoms with Crippen molar-refractivity contribution >= 4 is 29.9 Å². The topological polar surface area (TPSA) is 110 Å². The molecule has 3 rings (SSSR count). The number of aliphatic imine (C=N–C) groups is 1. The molecule has 2 atom stereocenters. The van der Waals surface area contributed by atoms with Crippen LogP contribution in [0.15, 0.2) is 34.4 Å². The Bertz CT molecular complexity index is 804. The summed E-state index contributed by atoms with van der Waals surface area (Å²) in [6.07, 6.45) is 1.62. The summed E-state index contributed by atoms with van der Waals surface area (Å²) in [5, 5.41) is 8.85. The van der Waals surface area contributed by atoms with Crippen molar-refractivity contribution in [3.05, 3.63) is 35.4 Å². The maximum absolute atomic E-state index is 12.6. The van der Waals surface area contributed by atoms with Gasteiger partial charge in [0.05, 0.1) is 27.0 Å². The third-order valence-corrected chi connectivity index (χ3v) is 4.21. The van der Waals surface area contributed by atoms with E-state index in [1.807, 2.05) is 12.1 Å². The normalized spacial score (nSPS) is 19.1. The lowest BCUT2D eigenvalue weighted by molar-refractivity contribution is -0.162. The summed E-state index contributed by atoms with van der Waals surface area (Å²) >= 11 is 0. The number of nitrogens with one attached hydrogen (secondary N) is 1. The summed E-state index contributed by atoms with van der Waals surface area (Å²) in [6, 6.07) is 6.29. The second-order valence-electron chi connectivity index (χ2n) is 5.65. The van der Waals surface area contributed by atoms with Crippen molar-refractivity contribution < 1.29 is 23.9 Å². The van der Waals surface area contributed by atoms with Crippen molar-refractivity contribution in [3.8, 4) is 0 Å². The van der Waals surface area contributed by atoms with Gasteiger partial charge in [-0.15, -0.1) is 0 Å². The molecule has 2 aliphatic rings. The van der Waals surface area contributed by atoms with Gasteiger partial charge in [0.2, 0.25) is 5.96 Å². The molecule has 0 unspecified atom stereocenters. The number of ether oxygens (including phenoxy) is 2. The van der Waals surface area contributed by atoms with Crippen molar-refractivity contribution in [2.75, 3.05) is 27.3 Å². The number of hydrogen-bond donors (Lipinski definition) is 1. The number of benzene rings is 1. The summed E-state index contributed by atoms with van der Waals surface area (Å²) in [4.78, 5) is 41.3. The van der Waals surface area contributed by atoms with Gasteiger partial charge < -0.3 is 14.8 Å². The van der Waals surface area contributed by atoms with E-state index in [0.29, 0.717) is 24.6 Å². The van der Waals surface area contributed by atoms with E-state index in [1.165, 1.54) is 5.01 Å². The Hall–Kier alpha value is -3.23. The van der Waals surface area contributed by atoms with Gasteiger partial charge in [0.25, 0.3) is 5.78 Å². The Morgan fingerprint density at radius 3 is 2.65 bits per heavy atom. The molecule has 2 aliphatic heterocycles. The first-order valence-corrected chi connectivity index (χ1v) is 7.99. The van der Waals surface area contributed by atoms with Gasteiger partial charge in [-0.1, -0.05) is 24.3 Å². The second kappa shape index (κ2) is 7.34. The van der Waals surface area contributed by atoms with Crippen LogP contribution in [-0.4, -0.2) is 62.2 Å². The zero-order chi connectivity index (χ0) is 18.7. The predicted molar refractivity (Wildman–Crippen MR) is 91.4 cm³/mol. The Morgan fingerprint density at radius 1 is 1.23 bits per heavy atom. The molecule has 9 heteroatoms. The number of esters is 2. The molecule has 0 aromatic heterocycles. The SMILES string of the molecule is COC(=O)C(=O)[C@H](C(=O)OC)[C@H]1c2ccccc2C=NN1C1=NCCN1. The van der Waals surface area contributed by atoms with Crippen LogP contribution in [0.4, 0.5) is 0 Å². The fourth-order valence-electron chi connectivity index (χ4n) is 3.01. The second-order valence-corrected chi connectivity index (χ2v) is 5.65. The van der Waals surface area contributed by atoms with Crippen LogP contribution in [0.5, 0.6) is 0 Å². The number of nitrogens with zero attached hydrogens (tertiary/aromatic N) is 3. The maximum atomic E-state index is 12.6. The lowest BCUT2D eigenvalue weighted by atomic mass is 9.86. The third-order valence-electron chi connectivity index (χ3n) is 4.21. The minimum absolute atomic E-state index is 0.423. The molecular weight excluding hydrogens is 340 g/mol. The molecule has 0 spiro atoms. The van der Waals surface area contributed by atoms with Crippen LogP contribution >= 0.6 is 0 Å². The summed E-state index contributed by atoms with van der Waals surface area (Å²) in [5.74, 6) is -3.99. The average molecular weight is 358 g/mol. The first-order valence-electron chi connectivity index (χ1n) is 7.99. The van der Waals surface area contributed by atoms with Crippen LogP contribution < -0.4 is 5.32 Å². The van der Waals surface area contributed by atoms with Gasteiger partial charge in [-0.2, -0.15) is 5.10 Å². The molecule has 0 amide bonds. The number of Topliss-reactive ketones (excluding diaryl/α,β-unsaturated/α-hetero) is 1. The number of guanidine groups is 1. The van der Waals surface area contributed by atoms with Gasteiger partial charge in [-0.3, -0.25) is 9.59 Å². The van der Waals surface area contributed by atoms with Gasteiger partial charge in [0, 0.05) is 6.54 Å². The number of carbonyl (C=O) groups is 3. The molecule has 9 nitrogen and oxygen atoms in total. The van der Waals surface area contributed by atoms with E-state index in [2.05, 4.69) is 20.1 Å². The van der Waals surface area contributed by atoms with Crippen molar-refractivity contribution in [2.45, 2.75) is 6.04 Å². The minimum Gasteiger partial charge on any atom is -0.468 e. The van der Waals surface area contributed by atoms with Crippen LogP contribution in [0.1, 0.15) is 17.2 Å². The molecule has 0 aliphatic carbocycles. The Morgan fingerprint density at radius 2 is 2.00 bits per heavy atom. The van der Waals surface area contributed by atoms with Crippen LogP contribution in [0.25, 0.3) is 0 Å². The number of methoxy groups -OCH3 is 2. The highest BCUT2D eigenvalue weighted by atomic mass is 16.5. The van der Waals surface area contributed by atoms with Gasteiger partial charge >= 0.3 is 11.9 Å². The Labute approximate surface area is 149 Å². The molecular formula is C17H18N4O5. The van der Waals surface area contributed by atoms with Gasteiger partial charge in [-0.25, -0.2) is 14.8 Å². The van der Waals surface area contributed by atoms with E-state index in [-0.39, 0.29) is 0 Å². The highest BCUT2D eigenvalue weighted by Crippen LogP contribution is 2.35. The third kappa shape index (κ3) is 3.03. The van der Waals surface area contributed by atoms with Crippen LogP contribution in [0, 0.1) is 5.92 Å². The summed E-state index contributed by atoms with van der Waals surface area (Å²) in [5.41, 5.74) is 1.39. The van der Waals surface area contributed by atoms with Gasteiger partial charge in [0.1, 0.15) is 6.04 Å². The van der Waals surface area contributed by atoms with Crippen LogP contribution in [0.2, 0.25) is 0 Å². The Balaban J connectivity index is 2.12. The van der Waals surface area contributed by atoms with Crippen molar-refractivity contribution in [2.24, 2.45) is 16.0 Å². The minimum atomic E-state index is -1.45. The molecule has 0 bridgehead atoms. The van der Waals surface area contributed by atoms with E-state index in [9.17, 15) is 14.4 Å². The number of hydrazone groups is 1. The molecule has 26 heavy (non-hydrogen) atoms. The lowest BCUT2D eigenvalue weighted by Crippen LogP contribution is -2.48. The molecule has 1 aromatic rings. The molecule has 136 valence electrons. The quantitative estimate of drug-likeness (QED) is 0.453. The number of fused-ring (bicyclic) bond motifs is 1. The highest BCUT2D eigenvalue weighted by Gasteiger charge is 2.46. The van der Waals surface area contributed by atoms with Crippen molar-refractivity contribution in [3.63, 3.8) is 0 Å². The summed E-state index contributed by atoms with van der Waals surface area (Å²) in [6.45, 7) is 1.16. The first kappa shape index (κ1) is 17.6. The summed E-state index contributed by atoms with van der Waals surface area (Å²) < 4.78 is 9.33. The largest absolute Gasteiger partial charge is 0.468 e. The zero-order valence-corrected chi connectivity index (χ0v) is 14.3. The van der Waals surface area contributed by atoms with Crippen LogP contribution in [-0.2, 0) is 23.9 Å². The van der Waals surface area contributed by atoms with Crippen LogP contribution in [0.3, 0.4) is 0 Å². The van der Waals surface area contributed by atoms with Gasteiger partial charge in [0.15, 0.2) is 5.92 Å². The first-order chi connectivity index (χ1) is 12.6. The fourth-order valence-corrected chi connectivity index (χ4v) is 3.01. The van der Waals surface area contributed by atoms with E-state index < -0.39 is 29.7 Å². The Kier molecular flexibility index (Phi) is 4.97. The van der Waals surface area contributed by atoms with Crippen molar-refractivity contribution in [1.29, 1.82) is 0 Å². The molecule has 0 fully saturated rings. The van der Waals surface area contributed by atoms with E-state index in [4.69, 9.17) is 4.74 Å². The predicted octanol–water partition coefficient (Wildman–Crippen LogP) is -0.132. The monoisotopic (exact) mass is 358 g/mol. The average Bonchev–Trinajstić information content (AvgIpc) is 3.21. The van der Waals surface area contributed by atoms with Crippen molar-refractivity contribution in [1.82, 2.24) is 10.3 Å². The van der Waals surface area contributed by atoms with Gasteiger partial charge in [-0.05, 0) is 11.1 Å². The lowest BCUT2D eigenvalue weighted by Gasteiger charge is -2.35. The van der Waals surface area contributed by atoms with E-state index in [1.54, 1.807) is 18.3 Å². The summed E-state index contributed by atoms with van der Waals surface area (Å²) in [7, 11) is 2.25. The molecule has 0 saturated heterocycles. The molecule has 0 radical (unpaired) electrons. The van der Waals surface area contributed by atoms with E-state index >= 15 is 0 Å². The fraction of sp³-hybridized carbons (Fsp3) is 0.353.